The minimum atomic E-state index is -3.14. The van der Waals surface area contributed by atoms with E-state index < -0.39 is 10.0 Å². The molecule has 0 atom stereocenters. The molecule has 0 N–H and O–H groups in total. The lowest BCUT2D eigenvalue weighted by Gasteiger charge is -1.99. The van der Waals surface area contributed by atoms with Gasteiger partial charge in [0, 0.05) is 6.20 Å². The van der Waals surface area contributed by atoms with E-state index in [0.717, 1.165) is 22.5 Å². The van der Waals surface area contributed by atoms with Crippen molar-refractivity contribution in [1.29, 1.82) is 0 Å². The number of aromatic nitrogens is 2. The van der Waals surface area contributed by atoms with Crippen LogP contribution in [0.15, 0.2) is 12.4 Å². The molecule has 0 bridgehead atoms. The van der Waals surface area contributed by atoms with Crippen LogP contribution in [0.3, 0.4) is 0 Å². The summed E-state index contributed by atoms with van der Waals surface area (Å²) in [4.78, 5) is 0. The van der Waals surface area contributed by atoms with Crippen LogP contribution in [-0.2, 0) is 10.0 Å². The number of rotatable bonds is 2. The molecule has 1 aliphatic rings. The summed E-state index contributed by atoms with van der Waals surface area (Å²) in [6.07, 6.45) is 4.66. The van der Waals surface area contributed by atoms with Gasteiger partial charge in [0.05, 0.1) is 11.4 Å². The van der Waals surface area contributed by atoms with E-state index in [1.807, 2.05) is 20.8 Å². The van der Waals surface area contributed by atoms with Crippen molar-refractivity contribution >= 4 is 10.0 Å². The Balaban J connectivity index is 0.000000461. The van der Waals surface area contributed by atoms with Crippen molar-refractivity contribution in [2.75, 3.05) is 0 Å². The summed E-state index contributed by atoms with van der Waals surface area (Å²) in [7, 11) is -3.14. The number of hydrogen-bond donors (Lipinski definition) is 0. The van der Waals surface area contributed by atoms with Gasteiger partial charge in [0.2, 0.25) is 0 Å². The molecule has 80 valence electrons. The molecule has 1 saturated carbocycles. The van der Waals surface area contributed by atoms with Crippen LogP contribution < -0.4 is 0 Å². The maximum absolute atomic E-state index is 11.5. The second kappa shape index (κ2) is 4.13. The van der Waals surface area contributed by atoms with Crippen molar-refractivity contribution in [3.63, 3.8) is 0 Å². The molecule has 0 amide bonds. The van der Waals surface area contributed by atoms with E-state index in [1.54, 1.807) is 12.4 Å². The Labute approximate surface area is 85.0 Å². The van der Waals surface area contributed by atoms with Crippen molar-refractivity contribution in [2.45, 2.75) is 38.9 Å². The molecule has 0 spiro atoms. The van der Waals surface area contributed by atoms with Crippen LogP contribution in [0.5, 0.6) is 0 Å². The molecule has 4 nitrogen and oxygen atoms in total. The fraction of sp³-hybridized carbons (Fsp3) is 0.667. The maximum Gasteiger partial charge on any atom is 0.256 e. The first-order valence-corrected chi connectivity index (χ1v) is 6.37. The van der Waals surface area contributed by atoms with Crippen molar-refractivity contribution in [2.24, 2.45) is 0 Å². The first-order chi connectivity index (χ1) is 6.60. The van der Waals surface area contributed by atoms with Gasteiger partial charge in [0.1, 0.15) is 0 Å². The molecule has 14 heavy (non-hydrogen) atoms. The zero-order valence-electron chi connectivity index (χ0n) is 8.77. The third-order valence-electron chi connectivity index (χ3n) is 1.90. The van der Waals surface area contributed by atoms with Gasteiger partial charge in [-0.15, -0.1) is 0 Å². The third kappa shape index (κ3) is 2.15. The SMILES string of the molecule is CC.Cc1cnn(S(=O)(=O)C2CC2)c1. The molecular weight excluding hydrogens is 200 g/mol. The van der Waals surface area contributed by atoms with E-state index >= 15 is 0 Å². The quantitative estimate of drug-likeness (QED) is 0.753. The molecule has 1 fully saturated rings. The van der Waals surface area contributed by atoms with Gasteiger partial charge in [-0.2, -0.15) is 9.19 Å². The Morgan fingerprint density at radius 3 is 2.36 bits per heavy atom. The van der Waals surface area contributed by atoms with Gasteiger partial charge >= 0.3 is 0 Å². The van der Waals surface area contributed by atoms with Crippen LogP contribution in [0.2, 0.25) is 0 Å². The molecular formula is C9H16N2O2S. The van der Waals surface area contributed by atoms with Crippen LogP contribution in [0.4, 0.5) is 0 Å². The van der Waals surface area contributed by atoms with Crippen LogP contribution in [0, 0.1) is 6.92 Å². The average Bonchev–Trinajstić information content (AvgIpc) is 2.93. The minimum absolute atomic E-state index is 0.184. The summed E-state index contributed by atoms with van der Waals surface area (Å²) in [6.45, 7) is 5.83. The van der Waals surface area contributed by atoms with Crippen LogP contribution in [0.1, 0.15) is 32.3 Å². The van der Waals surface area contributed by atoms with Gasteiger partial charge in [0.25, 0.3) is 10.0 Å². The maximum atomic E-state index is 11.5. The molecule has 0 saturated heterocycles. The molecule has 1 aromatic rings. The number of aryl methyl sites for hydroxylation is 1. The van der Waals surface area contributed by atoms with E-state index in [4.69, 9.17) is 0 Å². The second-order valence-corrected chi connectivity index (χ2v) is 5.21. The predicted molar refractivity (Wildman–Crippen MR) is 55.7 cm³/mol. The van der Waals surface area contributed by atoms with E-state index in [0.29, 0.717) is 0 Å². The largest absolute Gasteiger partial charge is 0.256 e. The summed E-state index contributed by atoms with van der Waals surface area (Å²) < 4.78 is 24.1. The fourth-order valence-electron chi connectivity index (χ4n) is 1.05. The van der Waals surface area contributed by atoms with E-state index in [2.05, 4.69) is 5.10 Å². The standard InChI is InChI=1S/C7H10N2O2S.C2H6/c1-6-4-8-9(5-6)12(10,11)7-2-3-7;1-2/h4-5,7H,2-3H2,1H3;1-2H3. The Hall–Kier alpha value is -0.840. The van der Waals surface area contributed by atoms with Crippen molar-refractivity contribution in [3.8, 4) is 0 Å². The first kappa shape index (κ1) is 11.2. The zero-order chi connectivity index (χ0) is 10.8. The molecule has 0 radical (unpaired) electrons. The summed E-state index contributed by atoms with van der Waals surface area (Å²) in [5.74, 6) is 0. The van der Waals surface area contributed by atoms with Gasteiger partial charge in [-0.3, -0.25) is 0 Å². The highest BCUT2D eigenvalue weighted by atomic mass is 32.2. The molecule has 0 aromatic carbocycles. The third-order valence-corrected chi connectivity index (χ3v) is 3.93. The van der Waals surface area contributed by atoms with Gasteiger partial charge in [-0.1, -0.05) is 13.8 Å². The highest BCUT2D eigenvalue weighted by Gasteiger charge is 2.37. The van der Waals surface area contributed by atoms with E-state index in [1.165, 1.54) is 0 Å². The predicted octanol–water partition coefficient (Wildman–Crippen LogP) is 1.56. The first-order valence-electron chi connectivity index (χ1n) is 4.86. The van der Waals surface area contributed by atoms with Gasteiger partial charge < -0.3 is 0 Å². The molecule has 1 aliphatic carbocycles. The normalized spacial score (nSPS) is 15.9. The van der Waals surface area contributed by atoms with Gasteiger partial charge in [0.15, 0.2) is 0 Å². The summed E-state index contributed by atoms with van der Waals surface area (Å²) in [5, 5.41) is 3.59. The highest BCUT2D eigenvalue weighted by molar-refractivity contribution is 7.90. The van der Waals surface area contributed by atoms with Crippen LogP contribution >= 0.6 is 0 Å². The minimum Gasteiger partial charge on any atom is -0.204 e. The zero-order valence-corrected chi connectivity index (χ0v) is 9.58. The summed E-state index contributed by atoms with van der Waals surface area (Å²) >= 11 is 0. The monoisotopic (exact) mass is 216 g/mol. The van der Waals surface area contributed by atoms with Crippen LogP contribution in [0.25, 0.3) is 0 Å². The Kier molecular flexibility index (Phi) is 3.31. The molecule has 0 unspecified atom stereocenters. The smallest absolute Gasteiger partial charge is 0.204 e. The summed E-state index contributed by atoms with van der Waals surface area (Å²) in [6, 6.07) is 0. The second-order valence-electron chi connectivity index (χ2n) is 3.13. The van der Waals surface area contributed by atoms with Gasteiger partial charge in [-0.25, -0.2) is 8.42 Å². The van der Waals surface area contributed by atoms with Crippen molar-refractivity contribution in [1.82, 2.24) is 9.19 Å². The Bertz CT molecular complexity index is 391. The molecule has 2 rings (SSSR count). The lowest BCUT2D eigenvalue weighted by atomic mass is 10.4. The molecule has 5 heteroatoms. The summed E-state index contributed by atoms with van der Waals surface area (Å²) in [5.41, 5.74) is 0.874. The topological polar surface area (TPSA) is 52.0 Å². The Morgan fingerprint density at radius 1 is 1.43 bits per heavy atom. The fourth-order valence-corrected chi connectivity index (χ4v) is 2.58. The molecule has 1 heterocycles. The van der Waals surface area contributed by atoms with Crippen molar-refractivity contribution in [3.05, 3.63) is 18.0 Å². The highest BCUT2D eigenvalue weighted by Crippen LogP contribution is 2.29. The molecule has 1 aromatic heterocycles. The number of hydrogen-bond acceptors (Lipinski definition) is 3. The Morgan fingerprint density at radius 2 is 2.00 bits per heavy atom. The van der Waals surface area contributed by atoms with E-state index in [-0.39, 0.29) is 5.25 Å². The average molecular weight is 216 g/mol. The number of nitrogens with zero attached hydrogens (tertiary/aromatic N) is 2. The molecule has 0 aliphatic heterocycles. The van der Waals surface area contributed by atoms with Crippen LogP contribution in [-0.4, -0.2) is 22.9 Å². The lowest BCUT2D eigenvalue weighted by molar-refractivity contribution is 0.578. The lowest BCUT2D eigenvalue weighted by Crippen LogP contribution is -2.17. The van der Waals surface area contributed by atoms with E-state index in [9.17, 15) is 8.42 Å². The van der Waals surface area contributed by atoms with Gasteiger partial charge in [-0.05, 0) is 25.3 Å². The van der Waals surface area contributed by atoms with Crippen molar-refractivity contribution < 1.29 is 8.42 Å².